The lowest BCUT2D eigenvalue weighted by Gasteiger charge is -2.26. The monoisotopic (exact) mass is 529 g/mol. The largest absolute Gasteiger partial charge is 0.465 e. The number of rotatable bonds is 9. The van der Waals surface area contributed by atoms with Gasteiger partial charge in [0.1, 0.15) is 11.5 Å². The van der Waals surface area contributed by atoms with Crippen molar-refractivity contribution in [3.8, 4) is 0 Å². The number of aryl methyl sites for hydroxylation is 1. The van der Waals surface area contributed by atoms with E-state index in [4.69, 9.17) is 8.94 Å². The molecule has 8 heteroatoms. The zero-order valence-corrected chi connectivity index (χ0v) is 20.9. The van der Waals surface area contributed by atoms with E-state index in [1.54, 1.807) is 7.05 Å². The predicted octanol–water partition coefficient (Wildman–Crippen LogP) is 4.60. The molecule has 2 aromatic rings. The Kier molecular flexibility index (Phi) is 10.2. The van der Waals surface area contributed by atoms with E-state index in [2.05, 4.69) is 51.7 Å². The van der Waals surface area contributed by atoms with Crippen molar-refractivity contribution in [3.63, 3.8) is 0 Å². The van der Waals surface area contributed by atoms with Gasteiger partial charge in [0.05, 0.1) is 18.3 Å². The average Bonchev–Trinajstić information content (AvgIpc) is 3.48. The third-order valence-corrected chi connectivity index (χ3v) is 5.77. The molecule has 0 bridgehead atoms. The molecule has 2 aromatic heterocycles. The van der Waals surface area contributed by atoms with E-state index in [1.165, 1.54) is 12.8 Å². The predicted molar refractivity (Wildman–Crippen MR) is 130 cm³/mol. The summed E-state index contributed by atoms with van der Waals surface area (Å²) in [6.07, 6.45) is 4.63. The Morgan fingerprint density at radius 1 is 1.20 bits per heavy atom. The van der Waals surface area contributed by atoms with E-state index in [9.17, 15) is 0 Å². The number of aliphatic imine (C=N–C) groups is 1. The van der Waals surface area contributed by atoms with Crippen molar-refractivity contribution < 1.29 is 8.94 Å². The lowest BCUT2D eigenvalue weighted by molar-refractivity contribution is 0.213. The number of furan rings is 1. The summed E-state index contributed by atoms with van der Waals surface area (Å²) >= 11 is 0. The van der Waals surface area contributed by atoms with Crippen LogP contribution in [0.5, 0.6) is 0 Å². The van der Waals surface area contributed by atoms with Crippen molar-refractivity contribution >= 4 is 29.9 Å². The minimum absolute atomic E-state index is 0. The fourth-order valence-corrected chi connectivity index (χ4v) is 3.99. The second kappa shape index (κ2) is 12.3. The van der Waals surface area contributed by atoms with Crippen LogP contribution >= 0.6 is 24.0 Å². The molecule has 0 aliphatic carbocycles. The van der Waals surface area contributed by atoms with Crippen LogP contribution in [0.25, 0.3) is 0 Å². The van der Waals surface area contributed by atoms with Crippen molar-refractivity contribution in [1.29, 1.82) is 0 Å². The third-order valence-electron chi connectivity index (χ3n) is 5.77. The first kappa shape index (κ1) is 24.7. The average molecular weight is 529 g/mol. The number of nitrogens with zero attached hydrogens (tertiary/aromatic N) is 3. The summed E-state index contributed by atoms with van der Waals surface area (Å²) in [5.41, 5.74) is 1.04. The van der Waals surface area contributed by atoms with E-state index in [0.29, 0.717) is 12.5 Å². The smallest absolute Gasteiger partial charge is 0.191 e. The summed E-state index contributed by atoms with van der Waals surface area (Å²) in [6, 6.07) is 6.38. The molecule has 0 saturated carbocycles. The standard InChI is InChI=1S/C22H35N5O2.HI/c1-5-17(6-2)19-13-18(29-26-19)14-24-22(23-4)25-15-20(27-11-7-8-12-27)21-10-9-16(3)28-21;/h9-10,13,17,20H,5-8,11-12,14-15H2,1-4H3,(H2,23,24,25);1H. The highest BCUT2D eigenvalue weighted by Gasteiger charge is 2.26. The number of hydrogen-bond donors (Lipinski definition) is 2. The molecule has 0 aromatic carbocycles. The fraction of sp³-hybridized carbons (Fsp3) is 0.636. The van der Waals surface area contributed by atoms with Gasteiger partial charge in [0.2, 0.25) is 0 Å². The van der Waals surface area contributed by atoms with Crippen LogP contribution in [-0.2, 0) is 6.54 Å². The highest BCUT2D eigenvalue weighted by molar-refractivity contribution is 14.0. The number of hydrogen-bond acceptors (Lipinski definition) is 5. The number of nitrogens with one attached hydrogen (secondary N) is 2. The van der Waals surface area contributed by atoms with Crippen LogP contribution < -0.4 is 10.6 Å². The van der Waals surface area contributed by atoms with Gasteiger partial charge in [0, 0.05) is 25.6 Å². The number of guanidine groups is 1. The van der Waals surface area contributed by atoms with Gasteiger partial charge in [0.25, 0.3) is 0 Å². The van der Waals surface area contributed by atoms with Gasteiger partial charge in [-0.05, 0) is 57.8 Å². The Hall–Kier alpha value is -1.55. The lowest BCUT2D eigenvalue weighted by atomic mass is 9.99. The van der Waals surface area contributed by atoms with Gasteiger partial charge in [-0.2, -0.15) is 0 Å². The van der Waals surface area contributed by atoms with Gasteiger partial charge in [-0.25, -0.2) is 0 Å². The van der Waals surface area contributed by atoms with Gasteiger partial charge in [-0.3, -0.25) is 9.89 Å². The molecule has 168 valence electrons. The van der Waals surface area contributed by atoms with Crippen molar-refractivity contribution in [2.24, 2.45) is 4.99 Å². The van der Waals surface area contributed by atoms with Crippen molar-refractivity contribution in [3.05, 3.63) is 41.2 Å². The number of likely N-dealkylation sites (tertiary alicyclic amines) is 1. The molecule has 2 N–H and O–H groups in total. The molecule has 1 aliphatic rings. The molecular weight excluding hydrogens is 493 g/mol. The molecule has 1 aliphatic heterocycles. The summed E-state index contributed by atoms with van der Waals surface area (Å²) in [6.45, 7) is 9.87. The molecule has 1 unspecified atom stereocenters. The highest BCUT2D eigenvalue weighted by atomic mass is 127. The molecule has 0 amide bonds. The maximum absolute atomic E-state index is 5.93. The SMILES string of the molecule is CCC(CC)c1cc(CNC(=NC)NCC(c2ccc(C)o2)N2CCCC2)on1.I. The van der Waals surface area contributed by atoms with Crippen molar-refractivity contribution in [2.45, 2.75) is 65.0 Å². The highest BCUT2D eigenvalue weighted by Crippen LogP contribution is 2.26. The third kappa shape index (κ3) is 6.47. The van der Waals surface area contributed by atoms with E-state index >= 15 is 0 Å². The molecule has 0 radical (unpaired) electrons. The fourth-order valence-electron chi connectivity index (χ4n) is 3.99. The summed E-state index contributed by atoms with van der Waals surface area (Å²) in [5.74, 6) is 4.00. The summed E-state index contributed by atoms with van der Waals surface area (Å²) in [5, 5.41) is 11.0. The Balaban J connectivity index is 0.00000320. The van der Waals surface area contributed by atoms with Crippen LogP contribution in [0.2, 0.25) is 0 Å². The van der Waals surface area contributed by atoms with Crippen LogP contribution in [0, 0.1) is 6.92 Å². The van der Waals surface area contributed by atoms with Gasteiger partial charge >= 0.3 is 0 Å². The summed E-state index contributed by atoms with van der Waals surface area (Å²) < 4.78 is 11.4. The second-order valence-corrected chi connectivity index (χ2v) is 7.75. The van der Waals surface area contributed by atoms with Gasteiger partial charge in [-0.15, -0.1) is 24.0 Å². The molecule has 30 heavy (non-hydrogen) atoms. The molecule has 3 heterocycles. The maximum atomic E-state index is 5.93. The Bertz CT molecular complexity index is 778. The molecule has 3 rings (SSSR count). The van der Waals surface area contributed by atoms with Gasteiger partial charge in [0.15, 0.2) is 11.7 Å². The first-order valence-electron chi connectivity index (χ1n) is 10.8. The van der Waals surface area contributed by atoms with E-state index in [1.807, 2.05) is 13.0 Å². The molecule has 1 atom stereocenters. The quantitative estimate of drug-likeness (QED) is 0.281. The lowest BCUT2D eigenvalue weighted by Crippen LogP contribution is -2.42. The zero-order valence-electron chi connectivity index (χ0n) is 18.6. The molecule has 1 saturated heterocycles. The minimum atomic E-state index is 0. The Morgan fingerprint density at radius 2 is 1.93 bits per heavy atom. The summed E-state index contributed by atoms with van der Waals surface area (Å²) in [7, 11) is 1.78. The zero-order chi connectivity index (χ0) is 20.6. The van der Waals surface area contributed by atoms with E-state index in [-0.39, 0.29) is 30.0 Å². The second-order valence-electron chi connectivity index (χ2n) is 7.75. The minimum Gasteiger partial charge on any atom is -0.465 e. The van der Waals surface area contributed by atoms with Crippen LogP contribution in [0.1, 0.15) is 74.5 Å². The van der Waals surface area contributed by atoms with Gasteiger partial charge in [-0.1, -0.05) is 19.0 Å². The Morgan fingerprint density at radius 3 is 2.53 bits per heavy atom. The molecule has 7 nitrogen and oxygen atoms in total. The van der Waals surface area contributed by atoms with E-state index in [0.717, 1.165) is 61.4 Å². The first-order valence-corrected chi connectivity index (χ1v) is 10.8. The van der Waals surface area contributed by atoms with Gasteiger partial charge < -0.3 is 19.6 Å². The van der Waals surface area contributed by atoms with E-state index < -0.39 is 0 Å². The normalized spacial score (nSPS) is 16.0. The maximum Gasteiger partial charge on any atom is 0.191 e. The van der Waals surface area contributed by atoms with Crippen LogP contribution in [0.4, 0.5) is 0 Å². The molecule has 1 fully saturated rings. The van der Waals surface area contributed by atoms with Crippen molar-refractivity contribution in [2.75, 3.05) is 26.7 Å². The van der Waals surface area contributed by atoms with Crippen molar-refractivity contribution in [1.82, 2.24) is 20.7 Å². The van der Waals surface area contributed by atoms with Crippen LogP contribution in [-0.4, -0.2) is 42.7 Å². The van der Waals surface area contributed by atoms with Crippen LogP contribution in [0.15, 0.2) is 32.1 Å². The summed E-state index contributed by atoms with van der Waals surface area (Å²) in [4.78, 5) is 6.84. The number of halogens is 1. The molecule has 0 spiro atoms. The van der Waals surface area contributed by atoms with Crippen LogP contribution in [0.3, 0.4) is 0 Å². The topological polar surface area (TPSA) is 78.8 Å². The Labute approximate surface area is 197 Å². The number of aromatic nitrogens is 1. The first-order chi connectivity index (χ1) is 14.1. The molecular formula is C22H36IN5O2.